The average molecular weight is 291 g/mol. The van der Waals surface area contributed by atoms with E-state index >= 15 is 0 Å². The molecular weight excluding hydrogens is 280 g/mol. The van der Waals surface area contributed by atoms with Gasteiger partial charge >= 0.3 is 5.97 Å². The lowest BCUT2D eigenvalue weighted by Crippen LogP contribution is -2.17. The highest BCUT2D eigenvalue weighted by Crippen LogP contribution is 2.23. The third kappa shape index (κ3) is 3.83. The first-order chi connectivity index (χ1) is 9.69. The number of benzene rings is 2. The fourth-order valence-electron chi connectivity index (χ4n) is 1.51. The predicted molar refractivity (Wildman–Crippen MR) is 74.4 cm³/mol. The van der Waals surface area contributed by atoms with Crippen molar-refractivity contribution >= 4 is 23.9 Å². The first-order valence-electron chi connectivity index (χ1n) is 5.82. The molecule has 2 rings (SSSR count). The van der Waals surface area contributed by atoms with Gasteiger partial charge < -0.3 is 9.47 Å². The van der Waals surface area contributed by atoms with Crippen molar-refractivity contribution in [3.05, 3.63) is 59.1 Å². The fraction of sp³-hybridized carbons (Fsp3) is 0.0667. The van der Waals surface area contributed by atoms with E-state index in [1.807, 2.05) is 0 Å². The highest BCUT2D eigenvalue weighted by molar-refractivity contribution is 6.32. The topological polar surface area (TPSA) is 52.6 Å². The van der Waals surface area contributed by atoms with Crippen LogP contribution in [0.25, 0.3) is 0 Å². The van der Waals surface area contributed by atoms with E-state index in [1.54, 1.807) is 42.5 Å². The molecule has 20 heavy (non-hydrogen) atoms. The molecule has 4 nitrogen and oxygen atoms in total. The van der Waals surface area contributed by atoms with Gasteiger partial charge in [-0.15, -0.1) is 0 Å². The molecule has 0 spiro atoms. The molecule has 0 heterocycles. The van der Waals surface area contributed by atoms with Gasteiger partial charge in [-0.05, 0) is 24.3 Å². The smallest absolute Gasteiger partial charge is 0.349 e. The molecule has 0 fully saturated rings. The fourth-order valence-corrected chi connectivity index (χ4v) is 1.70. The first-order valence-corrected chi connectivity index (χ1v) is 6.20. The van der Waals surface area contributed by atoms with Crippen LogP contribution >= 0.6 is 11.6 Å². The molecule has 0 aliphatic rings. The van der Waals surface area contributed by atoms with Crippen LogP contribution in [0, 0.1) is 0 Å². The van der Waals surface area contributed by atoms with Gasteiger partial charge in [-0.2, -0.15) is 0 Å². The van der Waals surface area contributed by atoms with Gasteiger partial charge in [-0.1, -0.05) is 35.9 Å². The number of esters is 1. The second kappa shape index (κ2) is 6.73. The maximum absolute atomic E-state index is 11.6. The van der Waals surface area contributed by atoms with Gasteiger partial charge in [0.1, 0.15) is 17.8 Å². The van der Waals surface area contributed by atoms with Gasteiger partial charge in [-0.3, -0.25) is 4.79 Å². The van der Waals surface area contributed by atoms with Crippen molar-refractivity contribution in [3.8, 4) is 11.5 Å². The van der Waals surface area contributed by atoms with E-state index in [1.165, 1.54) is 6.07 Å². The van der Waals surface area contributed by atoms with Crippen molar-refractivity contribution in [1.82, 2.24) is 0 Å². The van der Waals surface area contributed by atoms with E-state index in [2.05, 4.69) is 0 Å². The molecule has 0 radical (unpaired) electrons. The molecule has 0 N–H and O–H groups in total. The van der Waals surface area contributed by atoms with E-state index in [9.17, 15) is 9.59 Å². The maximum Gasteiger partial charge on any atom is 0.349 e. The number of carbonyl (C=O) groups is 2. The third-order valence-corrected chi connectivity index (χ3v) is 2.72. The standard InChI is InChI=1S/C15H11ClO4/c16-13-6-1-2-7-14(13)19-10-15(18)20-12-5-3-4-11(8-12)9-17/h1-9H,10H2. The van der Waals surface area contributed by atoms with Crippen molar-refractivity contribution in [1.29, 1.82) is 0 Å². The number of hydrogen-bond acceptors (Lipinski definition) is 4. The lowest BCUT2D eigenvalue weighted by molar-refractivity contribution is -0.136. The second-order valence-corrected chi connectivity index (χ2v) is 4.29. The molecule has 0 atom stereocenters. The molecule has 0 aliphatic heterocycles. The normalized spacial score (nSPS) is 9.85. The molecular formula is C15H11ClO4. The minimum atomic E-state index is -0.576. The Labute approximate surface area is 120 Å². The van der Waals surface area contributed by atoms with Crippen molar-refractivity contribution in [2.45, 2.75) is 0 Å². The van der Waals surface area contributed by atoms with E-state index < -0.39 is 5.97 Å². The van der Waals surface area contributed by atoms with Gasteiger partial charge in [0.25, 0.3) is 0 Å². The minimum absolute atomic E-state index is 0.269. The van der Waals surface area contributed by atoms with E-state index in [-0.39, 0.29) is 6.61 Å². The lowest BCUT2D eigenvalue weighted by atomic mass is 10.2. The SMILES string of the molecule is O=Cc1cccc(OC(=O)COc2ccccc2Cl)c1. The van der Waals surface area contributed by atoms with E-state index in [0.29, 0.717) is 28.4 Å². The molecule has 0 unspecified atom stereocenters. The summed E-state index contributed by atoms with van der Waals surface area (Å²) in [5.41, 5.74) is 0.433. The van der Waals surface area contributed by atoms with Crippen molar-refractivity contribution in [2.75, 3.05) is 6.61 Å². The molecule has 5 heteroatoms. The number of aldehydes is 1. The Morgan fingerprint density at radius 3 is 2.70 bits per heavy atom. The number of ether oxygens (including phenoxy) is 2. The molecule has 0 aliphatic carbocycles. The van der Waals surface area contributed by atoms with Gasteiger partial charge in [0.05, 0.1) is 5.02 Å². The molecule has 102 valence electrons. The van der Waals surface area contributed by atoms with Crippen LogP contribution in [-0.2, 0) is 4.79 Å². The van der Waals surface area contributed by atoms with Crippen molar-refractivity contribution in [3.63, 3.8) is 0 Å². The van der Waals surface area contributed by atoms with Crippen LogP contribution in [0.3, 0.4) is 0 Å². The third-order valence-electron chi connectivity index (χ3n) is 2.41. The van der Waals surface area contributed by atoms with Crippen LogP contribution in [0.1, 0.15) is 10.4 Å². The summed E-state index contributed by atoms with van der Waals surface area (Å²) in [6.45, 7) is -0.269. The number of para-hydroxylation sites is 1. The Kier molecular flexibility index (Phi) is 4.74. The lowest BCUT2D eigenvalue weighted by Gasteiger charge is -2.08. The number of rotatable bonds is 5. The summed E-state index contributed by atoms with van der Waals surface area (Å²) in [7, 11) is 0. The van der Waals surface area contributed by atoms with E-state index in [0.717, 1.165) is 0 Å². The minimum Gasteiger partial charge on any atom is -0.480 e. The largest absolute Gasteiger partial charge is 0.480 e. The number of carbonyl (C=O) groups excluding carboxylic acids is 2. The maximum atomic E-state index is 11.6. The molecule has 0 amide bonds. The Morgan fingerprint density at radius 2 is 1.95 bits per heavy atom. The summed E-state index contributed by atoms with van der Waals surface area (Å²) in [4.78, 5) is 22.2. The Morgan fingerprint density at radius 1 is 1.15 bits per heavy atom. The number of halogens is 1. The summed E-state index contributed by atoms with van der Waals surface area (Å²) < 4.78 is 10.3. The number of hydrogen-bond donors (Lipinski definition) is 0. The van der Waals surface area contributed by atoms with Gasteiger partial charge in [0.15, 0.2) is 6.61 Å². The molecule has 0 saturated heterocycles. The van der Waals surface area contributed by atoms with Crippen molar-refractivity contribution in [2.24, 2.45) is 0 Å². The molecule has 0 bridgehead atoms. The Bertz CT molecular complexity index is 625. The Hall–Kier alpha value is -2.33. The second-order valence-electron chi connectivity index (χ2n) is 3.88. The monoisotopic (exact) mass is 290 g/mol. The molecule has 0 aromatic heterocycles. The summed E-state index contributed by atoms with van der Waals surface area (Å²) in [5.74, 6) is 0.128. The van der Waals surface area contributed by atoms with E-state index in [4.69, 9.17) is 21.1 Å². The molecule has 0 saturated carbocycles. The summed E-state index contributed by atoms with van der Waals surface area (Å²) in [6.07, 6.45) is 0.678. The zero-order valence-electron chi connectivity index (χ0n) is 10.4. The zero-order chi connectivity index (χ0) is 14.4. The van der Waals surface area contributed by atoms with Gasteiger partial charge in [0.2, 0.25) is 0 Å². The highest BCUT2D eigenvalue weighted by Gasteiger charge is 2.08. The summed E-state index contributed by atoms with van der Waals surface area (Å²) in [6, 6.07) is 13.1. The van der Waals surface area contributed by atoms with Gasteiger partial charge in [-0.25, -0.2) is 4.79 Å². The van der Waals surface area contributed by atoms with Crippen LogP contribution in [-0.4, -0.2) is 18.9 Å². The average Bonchev–Trinajstić information content (AvgIpc) is 2.46. The van der Waals surface area contributed by atoms with Crippen LogP contribution in [0.15, 0.2) is 48.5 Å². The Balaban J connectivity index is 1.92. The molecule has 2 aromatic carbocycles. The van der Waals surface area contributed by atoms with Crippen LogP contribution in [0.2, 0.25) is 5.02 Å². The van der Waals surface area contributed by atoms with Crippen LogP contribution < -0.4 is 9.47 Å². The summed E-state index contributed by atoms with van der Waals surface area (Å²) in [5, 5.41) is 0.420. The van der Waals surface area contributed by atoms with Gasteiger partial charge in [0, 0.05) is 5.56 Å². The zero-order valence-corrected chi connectivity index (χ0v) is 11.2. The predicted octanol–water partition coefficient (Wildman–Crippen LogP) is 3.14. The van der Waals surface area contributed by atoms with Crippen LogP contribution in [0.4, 0.5) is 0 Å². The highest BCUT2D eigenvalue weighted by atomic mass is 35.5. The summed E-state index contributed by atoms with van der Waals surface area (Å²) >= 11 is 5.89. The molecule has 2 aromatic rings. The first kappa shape index (κ1) is 14.1. The quantitative estimate of drug-likeness (QED) is 0.482. The van der Waals surface area contributed by atoms with Crippen LogP contribution in [0.5, 0.6) is 11.5 Å². The van der Waals surface area contributed by atoms with Crippen molar-refractivity contribution < 1.29 is 19.1 Å².